The molecule has 1 atom stereocenters. The molecule has 0 N–H and O–H groups in total. The SMILES string of the molecule is O=CC1CCCCN1c1ncc(C(F)(F)F)cc1Cl. The summed E-state index contributed by atoms with van der Waals surface area (Å²) >= 11 is 5.87. The maximum atomic E-state index is 12.5. The van der Waals surface area contributed by atoms with Crippen molar-refractivity contribution in [1.29, 1.82) is 0 Å². The highest BCUT2D eigenvalue weighted by Crippen LogP contribution is 2.35. The standard InChI is InChI=1S/C12H12ClF3N2O/c13-10-5-8(12(14,15)16)6-17-11(10)18-4-2-1-3-9(18)7-19/h5-7,9H,1-4H2. The van der Waals surface area contributed by atoms with Crippen LogP contribution in [0.15, 0.2) is 12.3 Å². The second-order valence-corrected chi connectivity index (χ2v) is 4.83. The van der Waals surface area contributed by atoms with Crippen molar-refractivity contribution in [3.8, 4) is 0 Å². The van der Waals surface area contributed by atoms with Gasteiger partial charge in [0.05, 0.1) is 16.6 Å². The zero-order valence-electron chi connectivity index (χ0n) is 9.95. The van der Waals surface area contributed by atoms with E-state index in [4.69, 9.17) is 11.6 Å². The van der Waals surface area contributed by atoms with Gasteiger partial charge in [-0.3, -0.25) is 0 Å². The molecule has 1 aromatic rings. The van der Waals surface area contributed by atoms with Crippen molar-refractivity contribution in [1.82, 2.24) is 4.98 Å². The monoisotopic (exact) mass is 292 g/mol. The number of aromatic nitrogens is 1. The van der Waals surface area contributed by atoms with Crippen molar-refractivity contribution in [2.45, 2.75) is 31.5 Å². The molecule has 1 saturated heterocycles. The van der Waals surface area contributed by atoms with Gasteiger partial charge >= 0.3 is 6.18 Å². The molecular formula is C12H12ClF3N2O. The van der Waals surface area contributed by atoms with Gasteiger partial charge in [0, 0.05) is 12.7 Å². The third-order valence-electron chi connectivity index (χ3n) is 3.13. The highest BCUT2D eigenvalue weighted by Gasteiger charge is 2.33. The Morgan fingerprint density at radius 1 is 1.42 bits per heavy atom. The van der Waals surface area contributed by atoms with Gasteiger partial charge < -0.3 is 9.69 Å². The average molecular weight is 293 g/mol. The van der Waals surface area contributed by atoms with Gasteiger partial charge in [-0.1, -0.05) is 11.6 Å². The fourth-order valence-electron chi connectivity index (χ4n) is 2.16. The molecule has 104 valence electrons. The largest absolute Gasteiger partial charge is 0.417 e. The zero-order valence-corrected chi connectivity index (χ0v) is 10.7. The van der Waals surface area contributed by atoms with E-state index in [1.807, 2.05) is 0 Å². The number of pyridine rings is 1. The molecule has 19 heavy (non-hydrogen) atoms. The molecule has 1 aliphatic rings. The summed E-state index contributed by atoms with van der Waals surface area (Å²) in [4.78, 5) is 16.4. The van der Waals surface area contributed by atoms with E-state index in [0.29, 0.717) is 13.0 Å². The third-order valence-corrected chi connectivity index (χ3v) is 3.41. The van der Waals surface area contributed by atoms with Gasteiger partial charge in [0.25, 0.3) is 0 Å². The predicted octanol–water partition coefficient (Wildman–Crippen LogP) is 3.31. The first kappa shape index (κ1) is 14.1. The van der Waals surface area contributed by atoms with Crippen LogP contribution in [0, 0.1) is 0 Å². The quantitative estimate of drug-likeness (QED) is 0.784. The number of alkyl halides is 3. The third kappa shape index (κ3) is 3.00. The smallest absolute Gasteiger partial charge is 0.346 e. The van der Waals surface area contributed by atoms with Crippen LogP contribution in [-0.4, -0.2) is 23.9 Å². The minimum Gasteiger partial charge on any atom is -0.346 e. The van der Waals surface area contributed by atoms with E-state index in [2.05, 4.69) is 4.98 Å². The Hall–Kier alpha value is -1.30. The van der Waals surface area contributed by atoms with Crippen molar-refractivity contribution in [3.63, 3.8) is 0 Å². The van der Waals surface area contributed by atoms with Crippen LogP contribution in [0.2, 0.25) is 5.02 Å². The molecule has 0 spiro atoms. The van der Waals surface area contributed by atoms with E-state index in [1.165, 1.54) is 0 Å². The maximum Gasteiger partial charge on any atom is 0.417 e. The summed E-state index contributed by atoms with van der Waals surface area (Å²) in [6.45, 7) is 0.571. The predicted molar refractivity (Wildman–Crippen MR) is 65.3 cm³/mol. The lowest BCUT2D eigenvalue weighted by atomic mass is 10.0. The maximum absolute atomic E-state index is 12.5. The van der Waals surface area contributed by atoms with Crippen LogP contribution >= 0.6 is 11.6 Å². The minimum atomic E-state index is -4.47. The summed E-state index contributed by atoms with van der Waals surface area (Å²) in [6, 6.07) is 0.482. The van der Waals surface area contributed by atoms with E-state index in [9.17, 15) is 18.0 Å². The Morgan fingerprint density at radius 3 is 2.74 bits per heavy atom. The Labute approximate surface area is 113 Å². The second kappa shape index (κ2) is 5.36. The molecule has 0 bridgehead atoms. The number of aldehydes is 1. The number of nitrogens with zero attached hydrogens (tertiary/aromatic N) is 2. The lowest BCUT2D eigenvalue weighted by Crippen LogP contribution is -2.41. The summed E-state index contributed by atoms with van der Waals surface area (Å²) in [5.74, 6) is 0.242. The van der Waals surface area contributed by atoms with Crippen molar-refractivity contribution < 1.29 is 18.0 Å². The summed E-state index contributed by atoms with van der Waals surface area (Å²) in [6.07, 6.45) is -0.488. The van der Waals surface area contributed by atoms with Crippen molar-refractivity contribution >= 4 is 23.7 Å². The number of hydrogen-bond donors (Lipinski definition) is 0. The number of piperidine rings is 1. The van der Waals surface area contributed by atoms with Crippen LogP contribution in [0.3, 0.4) is 0 Å². The van der Waals surface area contributed by atoms with Crippen molar-refractivity contribution in [2.24, 2.45) is 0 Å². The molecule has 1 fully saturated rings. The second-order valence-electron chi connectivity index (χ2n) is 4.42. The van der Waals surface area contributed by atoms with Crippen LogP contribution in [-0.2, 0) is 11.0 Å². The number of anilines is 1. The molecule has 0 radical (unpaired) electrons. The van der Waals surface area contributed by atoms with Gasteiger partial charge in [-0.15, -0.1) is 0 Å². The topological polar surface area (TPSA) is 33.2 Å². The normalized spacial score (nSPS) is 20.4. The molecule has 2 heterocycles. The first-order chi connectivity index (χ1) is 8.93. The number of carbonyl (C=O) groups excluding carboxylic acids is 1. The Bertz CT molecular complexity index is 479. The fourth-order valence-corrected chi connectivity index (χ4v) is 2.43. The molecule has 2 rings (SSSR count). The fraction of sp³-hybridized carbons (Fsp3) is 0.500. The molecule has 0 aliphatic carbocycles. The van der Waals surface area contributed by atoms with E-state index in [0.717, 1.165) is 31.4 Å². The van der Waals surface area contributed by atoms with E-state index in [1.54, 1.807) is 4.90 Å². The van der Waals surface area contributed by atoms with Crippen LogP contribution in [0.5, 0.6) is 0 Å². The molecule has 0 saturated carbocycles. The Morgan fingerprint density at radius 2 is 2.16 bits per heavy atom. The van der Waals surface area contributed by atoms with Gasteiger partial charge in [-0.2, -0.15) is 13.2 Å². The summed E-state index contributed by atoms with van der Waals surface area (Å²) in [5, 5.41) is -0.0800. The van der Waals surface area contributed by atoms with Crippen LogP contribution in [0.1, 0.15) is 24.8 Å². The van der Waals surface area contributed by atoms with E-state index in [-0.39, 0.29) is 16.9 Å². The van der Waals surface area contributed by atoms with Crippen molar-refractivity contribution in [3.05, 3.63) is 22.8 Å². The summed E-state index contributed by atoms with van der Waals surface area (Å²) in [5.41, 5.74) is -0.888. The number of rotatable bonds is 2. The number of halogens is 4. The van der Waals surface area contributed by atoms with E-state index < -0.39 is 11.7 Å². The first-order valence-electron chi connectivity index (χ1n) is 5.88. The summed E-state index contributed by atoms with van der Waals surface area (Å²) in [7, 11) is 0. The van der Waals surface area contributed by atoms with Gasteiger partial charge in [0.15, 0.2) is 0 Å². The highest BCUT2D eigenvalue weighted by atomic mass is 35.5. The number of hydrogen-bond acceptors (Lipinski definition) is 3. The van der Waals surface area contributed by atoms with Crippen LogP contribution < -0.4 is 4.90 Å². The molecule has 3 nitrogen and oxygen atoms in total. The molecule has 0 amide bonds. The van der Waals surface area contributed by atoms with Gasteiger partial charge in [-0.25, -0.2) is 4.98 Å². The lowest BCUT2D eigenvalue weighted by Gasteiger charge is -2.33. The first-order valence-corrected chi connectivity index (χ1v) is 6.26. The highest BCUT2D eigenvalue weighted by molar-refractivity contribution is 6.33. The van der Waals surface area contributed by atoms with Crippen LogP contribution in [0.25, 0.3) is 0 Å². The van der Waals surface area contributed by atoms with Crippen LogP contribution in [0.4, 0.5) is 19.0 Å². The Balaban J connectivity index is 2.32. The molecule has 1 aromatic heterocycles. The molecule has 7 heteroatoms. The molecule has 1 unspecified atom stereocenters. The molecular weight excluding hydrogens is 281 g/mol. The molecule has 1 aliphatic heterocycles. The Kier molecular flexibility index (Phi) is 3.99. The average Bonchev–Trinajstić information content (AvgIpc) is 2.37. The molecule has 0 aromatic carbocycles. The van der Waals surface area contributed by atoms with Gasteiger partial charge in [0.1, 0.15) is 12.1 Å². The van der Waals surface area contributed by atoms with Gasteiger partial charge in [-0.05, 0) is 25.3 Å². The summed E-state index contributed by atoms with van der Waals surface area (Å²) < 4.78 is 37.5. The zero-order chi connectivity index (χ0) is 14.0. The lowest BCUT2D eigenvalue weighted by molar-refractivity contribution is -0.137. The minimum absolute atomic E-state index is 0.0800. The number of carbonyl (C=O) groups is 1. The van der Waals surface area contributed by atoms with Crippen molar-refractivity contribution in [2.75, 3.05) is 11.4 Å². The van der Waals surface area contributed by atoms with E-state index >= 15 is 0 Å². The van der Waals surface area contributed by atoms with Gasteiger partial charge in [0.2, 0.25) is 0 Å².